The number of rotatable bonds is 14. The number of pyridine rings is 1. The molecule has 0 bridgehead atoms. The Balaban J connectivity index is 1.27. The number of nitrogens with one attached hydrogen (secondary N) is 1. The van der Waals surface area contributed by atoms with Gasteiger partial charge in [-0.25, -0.2) is 0 Å². The molecule has 2 atom stereocenters. The zero-order valence-corrected chi connectivity index (χ0v) is 26.5. The molecule has 0 radical (unpaired) electrons. The number of carbonyl (C=O) groups is 1. The standard InChI is InChI=1S/C34H43ClN4O5/c1-5-31(25-8-10-28(35)11-9-25)43-24(2)22-38-15-17-39(18-16-38)23-29(40)19-27(33(41)37-34(3,4)42)20-30-12-13-32(44-30)26-7-6-14-36-21-26/h5-14,21,27,29,40,42H,2,15-20,22-23H2,1,3-4H3,(H,37,41)/b31-5-/t27?,29-/m0/s1. The Kier molecular flexibility index (Phi) is 11.8. The molecule has 1 aliphatic heterocycles. The molecule has 236 valence electrons. The van der Waals surface area contributed by atoms with E-state index in [0.29, 0.717) is 41.8 Å². The van der Waals surface area contributed by atoms with Crippen molar-refractivity contribution in [3.8, 4) is 11.3 Å². The number of amides is 1. The van der Waals surface area contributed by atoms with Crippen LogP contribution in [-0.2, 0) is 16.0 Å². The van der Waals surface area contributed by atoms with E-state index in [9.17, 15) is 15.0 Å². The van der Waals surface area contributed by atoms with Crippen LogP contribution in [0.15, 0.2) is 83.8 Å². The second-order valence-electron chi connectivity index (χ2n) is 11.7. The zero-order chi connectivity index (χ0) is 31.7. The Morgan fingerprint density at radius 3 is 2.50 bits per heavy atom. The van der Waals surface area contributed by atoms with Crippen LogP contribution in [0.1, 0.15) is 38.5 Å². The highest BCUT2D eigenvalue weighted by Gasteiger charge is 2.29. The second kappa shape index (κ2) is 15.5. The average Bonchev–Trinajstić information content (AvgIpc) is 3.45. The van der Waals surface area contributed by atoms with Gasteiger partial charge in [-0.05, 0) is 81.8 Å². The van der Waals surface area contributed by atoms with Crippen molar-refractivity contribution in [2.75, 3.05) is 39.3 Å². The smallest absolute Gasteiger partial charge is 0.225 e. The summed E-state index contributed by atoms with van der Waals surface area (Å²) in [5.74, 6) is 1.76. The van der Waals surface area contributed by atoms with Crippen molar-refractivity contribution in [1.82, 2.24) is 20.1 Å². The van der Waals surface area contributed by atoms with Crippen molar-refractivity contribution < 1.29 is 24.2 Å². The average molecular weight is 623 g/mol. The summed E-state index contributed by atoms with van der Waals surface area (Å²) in [4.78, 5) is 21.7. The lowest BCUT2D eigenvalue weighted by molar-refractivity contribution is -0.132. The van der Waals surface area contributed by atoms with Crippen LogP contribution < -0.4 is 5.32 Å². The number of furan rings is 1. The van der Waals surface area contributed by atoms with Crippen molar-refractivity contribution in [3.63, 3.8) is 0 Å². The van der Waals surface area contributed by atoms with Gasteiger partial charge in [-0.1, -0.05) is 18.2 Å². The van der Waals surface area contributed by atoms with Crippen LogP contribution in [-0.4, -0.2) is 82.0 Å². The van der Waals surface area contributed by atoms with Gasteiger partial charge in [-0.15, -0.1) is 0 Å². The molecule has 10 heteroatoms. The molecule has 3 N–H and O–H groups in total. The molecular formula is C34H43ClN4O5. The number of β-amino-alcohol motifs (C(OH)–C–C–N with tert-alkyl or cyclic N) is 1. The quantitative estimate of drug-likeness (QED) is 0.171. The molecule has 2 aromatic heterocycles. The molecular weight excluding hydrogens is 580 g/mol. The van der Waals surface area contributed by atoms with E-state index in [-0.39, 0.29) is 12.3 Å². The van der Waals surface area contributed by atoms with Gasteiger partial charge in [0.05, 0.1) is 12.6 Å². The van der Waals surface area contributed by atoms with Gasteiger partial charge in [-0.2, -0.15) is 0 Å². The molecule has 0 aliphatic carbocycles. The van der Waals surface area contributed by atoms with E-state index in [1.54, 1.807) is 12.4 Å². The predicted octanol–water partition coefficient (Wildman–Crippen LogP) is 4.96. The first kappa shape index (κ1) is 33.4. The molecule has 0 spiro atoms. The number of halogens is 1. The van der Waals surface area contributed by atoms with Crippen molar-refractivity contribution in [3.05, 3.63) is 95.7 Å². The Morgan fingerprint density at radius 2 is 1.86 bits per heavy atom. The highest BCUT2D eigenvalue weighted by molar-refractivity contribution is 6.30. The number of hydrogen-bond donors (Lipinski definition) is 3. The number of benzene rings is 1. The lowest BCUT2D eigenvalue weighted by atomic mass is 9.94. The van der Waals surface area contributed by atoms with E-state index < -0.39 is 17.7 Å². The van der Waals surface area contributed by atoms with Crippen LogP contribution >= 0.6 is 11.6 Å². The number of ether oxygens (including phenoxy) is 1. The van der Waals surface area contributed by atoms with Crippen LogP contribution in [0.3, 0.4) is 0 Å². The van der Waals surface area contributed by atoms with E-state index in [2.05, 4.69) is 26.7 Å². The first-order valence-electron chi connectivity index (χ1n) is 14.9. The monoisotopic (exact) mass is 622 g/mol. The molecule has 3 aromatic rings. The lowest BCUT2D eigenvalue weighted by Crippen LogP contribution is -2.50. The van der Waals surface area contributed by atoms with Crippen LogP contribution in [0.2, 0.25) is 5.02 Å². The van der Waals surface area contributed by atoms with E-state index in [1.807, 2.05) is 61.5 Å². The topological polar surface area (TPSA) is 111 Å². The van der Waals surface area contributed by atoms with Crippen molar-refractivity contribution in [2.24, 2.45) is 5.92 Å². The summed E-state index contributed by atoms with van der Waals surface area (Å²) >= 11 is 6.02. The van der Waals surface area contributed by atoms with Crippen LogP contribution in [0.4, 0.5) is 0 Å². The number of piperazine rings is 1. The summed E-state index contributed by atoms with van der Waals surface area (Å²) in [6.07, 6.45) is 5.11. The summed E-state index contributed by atoms with van der Waals surface area (Å²) in [6.45, 7) is 13.3. The van der Waals surface area contributed by atoms with Gasteiger partial charge < -0.3 is 24.7 Å². The fourth-order valence-corrected chi connectivity index (χ4v) is 5.37. The molecule has 9 nitrogen and oxygen atoms in total. The van der Waals surface area contributed by atoms with Crippen molar-refractivity contribution in [1.29, 1.82) is 0 Å². The van der Waals surface area contributed by atoms with Crippen LogP contribution in [0.5, 0.6) is 0 Å². The maximum Gasteiger partial charge on any atom is 0.225 e. The van der Waals surface area contributed by atoms with E-state index >= 15 is 0 Å². The molecule has 1 amide bonds. The first-order chi connectivity index (χ1) is 21.0. The summed E-state index contributed by atoms with van der Waals surface area (Å²) in [5, 5.41) is 24.6. The second-order valence-corrected chi connectivity index (χ2v) is 12.2. The van der Waals surface area contributed by atoms with Gasteiger partial charge in [0.15, 0.2) is 0 Å². The molecule has 1 fully saturated rings. The first-order valence-corrected chi connectivity index (χ1v) is 15.3. The number of aliphatic hydroxyl groups is 2. The van der Waals surface area contributed by atoms with Crippen LogP contribution in [0.25, 0.3) is 17.1 Å². The van der Waals surface area contributed by atoms with Gasteiger partial charge in [-0.3, -0.25) is 19.6 Å². The SMILES string of the molecule is C=C(CN1CCN(C[C@@H](O)CC(Cc2ccc(-c3cccnc3)o2)C(=O)NC(C)(C)O)CC1)O/C(=C\C)c1ccc(Cl)cc1. The van der Waals surface area contributed by atoms with Crippen molar-refractivity contribution >= 4 is 23.3 Å². The van der Waals surface area contributed by atoms with Gasteiger partial charge in [0.2, 0.25) is 5.91 Å². The maximum absolute atomic E-state index is 13.1. The number of aliphatic hydroxyl groups excluding tert-OH is 1. The molecule has 1 saturated heterocycles. The van der Waals surface area contributed by atoms with Gasteiger partial charge in [0, 0.05) is 73.6 Å². The number of allylic oxidation sites excluding steroid dienone is 1. The largest absolute Gasteiger partial charge is 0.461 e. The Labute approximate surface area is 264 Å². The summed E-state index contributed by atoms with van der Waals surface area (Å²) in [6, 6.07) is 14.9. The minimum absolute atomic E-state index is 0.229. The summed E-state index contributed by atoms with van der Waals surface area (Å²) in [7, 11) is 0. The maximum atomic E-state index is 13.1. The fourth-order valence-electron chi connectivity index (χ4n) is 5.25. The highest BCUT2D eigenvalue weighted by Crippen LogP contribution is 2.25. The van der Waals surface area contributed by atoms with Gasteiger partial charge >= 0.3 is 0 Å². The fraction of sp³-hybridized carbons (Fsp3) is 0.412. The van der Waals surface area contributed by atoms with E-state index in [4.69, 9.17) is 20.8 Å². The summed E-state index contributed by atoms with van der Waals surface area (Å²) < 4.78 is 12.1. The van der Waals surface area contributed by atoms with E-state index in [0.717, 1.165) is 43.1 Å². The van der Waals surface area contributed by atoms with Crippen molar-refractivity contribution in [2.45, 2.75) is 45.4 Å². The Morgan fingerprint density at radius 1 is 1.16 bits per heavy atom. The number of aromatic nitrogens is 1. The molecule has 1 aromatic carbocycles. The summed E-state index contributed by atoms with van der Waals surface area (Å²) in [5.41, 5.74) is 0.401. The normalized spacial score (nSPS) is 16.4. The molecule has 44 heavy (non-hydrogen) atoms. The molecule has 4 rings (SSSR count). The third-order valence-electron chi connectivity index (χ3n) is 7.39. The molecule has 1 aliphatic rings. The number of nitrogens with zero attached hydrogens (tertiary/aromatic N) is 3. The van der Waals surface area contributed by atoms with Crippen LogP contribution in [0, 0.1) is 5.92 Å². The van der Waals surface area contributed by atoms with E-state index in [1.165, 1.54) is 13.8 Å². The predicted molar refractivity (Wildman–Crippen MR) is 172 cm³/mol. The minimum atomic E-state index is -1.38. The van der Waals surface area contributed by atoms with Gasteiger partial charge in [0.25, 0.3) is 0 Å². The van der Waals surface area contributed by atoms with Gasteiger partial charge in [0.1, 0.15) is 28.8 Å². The Bertz CT molecular complexity index is 1390. The molecule has 3 heterocycles. The number of hydrogen-bond acceptors (Lipinski definition) is 8. The third-order valence-corrected chi connectivity index (χ3v) is 7.64. The highest BCUT2D eigenvalue weighted by atomic mass is 35.5. The molecule has 1 unspecified atom stereocenters. The number of carbonyl (C=O) groups excluding carboxylic acids is 1. The molecule has 0 saturated carbocycles. The Hall–Kier alpha value is -3.47. The zero-order valence-electron chi connectivity index (χ0n) is 25.7. The minimum Gasteiger partial charge on any atom is -0.461 e. The lowest BCUT2D eigenvalue weighted by Gasteiger charge is -2.36. The third kappa shape index (κ3) is 10.3.